The number of pyridine rings is 1. The van der Waals surface area contributed by atoms with Crippen molar-refractivity contribution in [2.24, 2.45) is 0 Å². The van der Waals surface area contributed by atoms with E-state index in [-0.39, 0.29) is 17.9 Å². The third kappa shape index (κ3) is 2.74. The van der Waals surface area contributed by atoms with Gasteiger partial charge in [0.1, 0.15) is 12.4 Å². The smallest absolute Gasteiger partial charge is 0.323 e. The number of hydrogen-bond acceptors (Lipinski definition) is 4. The van der Waals surface area contributed by atoms with E-state index < -0.39 is 0 Å². The number of hydrogen-bond donors (Lipinski definition) is 3. The van der Waals surface area contributed by atoms with Crippen LogP contribution in [-0.4, -0.2) is 33.4 Å². The molecule has 0 fully saturated rings. The molecule has 5 rings (SSSR count). The highest BCUT2D eigenvalue weighted by atomic mass is 16.5. The molecule has 0 unspecified atom stereocenters. The standard InChI is InChI=1S/C24H17N3O4/c1-13-15-9-8-14(5-4-10-28)16-6-3-7-17(22(15)16)23(29)27(13)20-11-18-19(12-21(20)31-2)26-24(30)25-18/h3,6-9,11-12,28H,1,10H2,2H3,(H2,25,26,30). The molecule has 2 heterocycles. The molecule has 2 aromatic heterocycles. The number of aliphatic hydroxyl groups is 1. The molecule has 3 N–H and O–H groups in total. The maximum absolute atomic E-state index is 13.6. The normalized spacial score (nSPS) is 11.2. The molecule has 0 saturated carbocycles. The van der Waals surface area contributed by atoms with Crippen molar-refractivity contribution in [3.05, 3.63) is 74.2 Å². The van der Waals surface area contributed by atoms with Crippen LogP contribution < -0.4 is 21.3 Å². The fourth-order valence-electron chi connectivity index (χ4n) is 4.08. The molecular formula is C24H17N3O4. The van der Waals surface area contributed by atoms with Gasteiger partial charge in [-0.2, -0.15) is 0 Å². The van der Waals surface area contributed by atoms with Gasteiger partial charge < -0.3 is 19.8 Å². The van der Waals surface area contributed by atoms with Crippen molar-refractivity contribution in [1.82, 2.24) is 14.5 Å². The van der Waals surface area contributed by atoms with Gasteiger partial charge in [0.2, 0.25) is 0 Å². The lowest BCUT2D eigenvalue weighted by Gasteiger charge is -2.16. The van der Waals surface area contributed by atoms with Crippen LogP contribution in [0.4, 0.5) is 0 Å². The Balaban J connectivity index is 1.93. The Kier molecular flexibility index (Phi) is 4.17. The van der Waals surface area contributed by atoms with Crippen LogP contribution in [0, 0.1) is 11.8 Å². The number of nitrogens with one attached hydrogen (secondary N) is 2. The number of aromatic amines is 2. The fourth-order valence-corrected chi connectivity index (χ4v) is 4.08. The van der Waals surface area contributed by atoms with Crippen LogP contribution in [-0.2, 0) is 0 Å². The van der Waals surface area contributed by atoms with Crippen molar-refractivity contribution < 1.29 is 9.84 Å². The van der Waals surface area contributed by atoms with E-state index >= 15 is 0 Å². The Morgan fingerprint density at radius 3 is 2.55 bits per heavy atom. The number of rotatable bonds is 2. The second kappa shape index (κ2) is 6.90. The molecule has 0 radical (unpaired) electrons. The van der Waals surface area contributed by atoms with Gasteiger partial charge in [-0.05, 0) is 23.6 Å². The number of ether oxygens (including phenoxy) is 1. The molecular weight excluding hydrogens is 394 g/mol. The van der Waals surface area contributed by atoms with Crippen LogP contribution in [0.5, 0.6) is 5.75 Å². The maximum Gasteiger partial charge on any atom is 0.323 e. The number of nitrogens with zero attached hydrogens (tertiary/aromatic N) is 1. The molecule has 152 valence electrons. The Morgan fingerprint density at radius 1 is 1.06 bits per heavy atom. The van der Waals surface area contributed by atoms with Crippen molar-refractivity contribution >= 4 is 39.2 Å². The van der Waals surface area contributed by atoms with Gasteiger partial charge in [0.15, 0.2) is 0 Å². The van der Waals surface area contributed by atoms with Gasteiger partial charge in [0.05, 0.1) is 29.2 Å². The van der Waals surface area contributed by atoms with Crippen LogP contribution in [0.25, 0.3) is 44.8 Å². The molecule has 0 amide bonds. The van der Waals surface area contributed by atoms with Crippen molar-refractivity contribution in [3.8, 4) is 23.3 Å². The summed E-state index contributed by atoms with van der Waals surface area (Å²) in [5.74, 6) is 6.03. The Bertz CT molecular complexity index is 1700. The van der Waals surface area contributed by atoms with E-state index in [2.05, 4.69) is 28.4 Å². The number of aliphatic hydroxyl groups excluding tert-OH is 1. The monoisotopic (exact) mass is 411 g/mol. The van der Waals surface area contributed by atoms with E-state index in [1.807, 2.05) is 18.2 Å². The second-order valence-electron chi connectivity index (χ2n) is 7.08. The summed E-state index contributed by atoms with van der Waals surface area (Å²) in [6.45, 7) is 3.95. The van der Waals surface area contributed by atoms with Crippen LogP contribution in [0.3, 0.4) is 0 Å². The highest BCUT2D eigenvalue weighted by Gasteiger charge is 2.17. The number of aromatic nitrogens is 3. The lowest BCUT2D eigenvalue weighted by Crippen LogP contribution is -2.32. The summed E-state index contributed by atoms with van der Waals surface area (Å²) in [7, 11) is 1.51. The molecule has 3 aromatic carbocycles. The van der Waals surface area contributed by atoms with Gasteiger partial charge in [-0.1, -0.05) is 36.6 Å². The molecule has 5 aromatic rings. The maximum atomic E-state index is 13.6. The summed E-state index contributed by atoms with van der Waals surface area (Å²) in [5.41, 5.74) is 1.74. The van der Waals surface area contributed by atoms with Crippen LogP contribution >= 0.6 is 0 Å². The minimum atomic E-state index is -0.343. The van der Waals surface area contributed by atoms with Crippen LogP contribution in [0.1, 0.15) is 5.56 Å². The topological polar surface area (TPSA) is 100 Å². The molecule has 0 aliphatic rings. The predicted molar refractivity (Wildman–Crippen MR) is 121 cm³/mol. The Hall–Kier alpha value is -4.28. The zero-order valence-corrected chi connectivity index (χ0v) is 16.6. The number of imidazole rings is 1. The Labute approximate surface area is 175 Å². The van der Waals surface area contributed by atoms with E-state index in [0.717, 1.165) is 21.7 Å². The Morgan fingerprint density at radius 2 is 1.81 bits per heavy atom. The minimum absolute atomic E-state index is 0.244. The first-order chi connectivity index (χ1) is 15.0. The number of H-pyrrole nitrogens is 2. The summed E-state index contributed by atoms with van der Waals surface area (Å²) < 4.78 is 7.02. The fraction of sp³-hybridized carbons (Fsp3) is 0.0833. The van der Waals surface area contributed by atoms with Gasteiger partial charge in [-0.15, -0.1) is 0 Å². The van der Waals surface area contributed by atoms with Gasteiger partial charge in [0, 0.05) is 27.8 Å². The van der Waals surface area contributed by atoms with Crippen molar-refractivity contribution in [3.63, 3.8) is 0 Å². The second-order valence-corrected chi connectivity index (χ2v) is 7.08. The van der Waals surface area contributed by atoms with Crippen molar-refractivity contribution in [2.75, 3.05) is 13.7 Å². The summed E-state index contributed by atoms with van der Waals surface area (Å²) in [6.07, 6.45) is 0. The minimum Gasteiger partial charge on any atom is -0.494 e. The lowest BCUT2D eigenvalue weighted by atomic mass is 9.97. The van der Waals surface area contributed by atoms with E-state index in [4.69, 9.17) is 9.84 Å². The zero-order chi connectivity index (χ0) is 21.7. The van der Waals surface area contributed by atoms with Gasteiger partial charge >= 0.3 is 5.69 Å². The average Bonchev–Trinajstić information content (AvgIpc) is 3.14. The summed E-state index contributed by atoms with van der Waals surface area (Å²) >= 11 is 0. The summed E-state index contributed by atoms with van der Waals surface area (Å²) in [6, 6.07) is 12.6. The molecule has 0 spiro atoms. The quantitative estimate of drug-likeness (QED) is 0.386. The molecule has 7 heteroatoms. The number of fused-ring (bicyclic) bond motifs is 1. The molecule has 0 saturated heterocycles. The van der Waals surface area contributed by atoms with E-state index in [0.29, 0.717) is 33.2 Å². The molecule has 0 aliphatic carbocycles. The zero-order valence-electron chi connectivity index (χ0n) is 16.6. The first-order valence-corrected chi connectivity index (χ1v) is 9.52. The molecule has 0 aliphatic heterocycles. The van der Waals surface area contributed by atoms with E-state index in [1.165, 1.54) is 11.7 Å². The predicted octanol–water partition coefficient (Wildman–Crippen LogP) is 1.80. The molecule has 0 bridgehead atoms. The van der Waals surface area contributed by atoms with E-state index in [9.17, 15) is 9.59 Å². The van der Waals surface area contributed by atoms with E-state index in [1.54, 1.807) is 24.3 Å². The first kappa shape index (κ1) is 18.7. The summed E-state index contributed by atoms with van der Waals surface area (Å²) in [4.78, 5) is 30.7. The number of benzene rings is 3. The van der Waals surface area contributed by atoms with Crippen LogP contribution in [0.2, 0.25) is 0 Å². The third-order valence-electron chi connectivity index (χ3n) is 5.41. The van der Waals surface area contributed by atoms with Crippen molar-refractivity contribution in [1.29, 1.82) is 0 Å². The average molecular weight is 411 g/mol. The molecule has 31 heavy (non-hydrogen) atoms. The lowest BCUT2D eigenvalue weighted by molar-refractivity contribution is 0.350. The third-order valence-corrected chi connectivity index (χ3v) is 5.41. The molecule has 7 nitrogen and oxygen atoms in total. The first-order valence-electron chi connectivity index (χ1n) is 9.52. The highest BCUT2D eigenvalue weighted by molar-refractivity contribution is 6.11. The SMILES string of the molecule is C=c1c2ccc(C#CCO)c3cccc(c(=O)n1-c1cc4[nH]c(=O)[nH]c4cc1OC)c32. The number of methoxy groups -OCH3 is 1. The van der Waals surface area contributed by atoms with Gasteiger partial charge in [-0.3, -0.25) is 9.36 Å². The highest BCUT2D eigenvalue weighted by Crippen LogP contribution is 2.29. The molecule has 0 atom stereocenters. The van der Waals surface area contributed by atoms with Gasteiger partial charge in [0.25, 0.3) is 5.56 Å². The van der Waals surface area contributed by atoms with Crippen molar-refractivity contribution in [2.45, 2.75) is 0 Å². The van der Waals surface area contributed by atoms with Crippen LogP contribution in [0.15, 0.2) is 52.1 Å². The largest absolute Gasteiger partial charge is 0.494 e. The summed E-state index contributed by atoms with van der Waals surface area (Å²) in [5, 5.41) is 12.4. The van der Waals surface area contributed by atoms with Gasteiger partial charge in [-0.25, -0.2) is 4.79 Å².